The smallest absolute Gasteiger partial charge is 0.276 e. The highest BCUT2D eigenvalue weighted by atomic mass is 32.1. The molecule has 1 heterocycles. The van der Waals surface area contributed by atoms with Gasteiger partial charge in [0.05, 0.1) is 0 Å². The molecule has 1 fully saturated rings. The van der Waals surface area contributed by atoms with E-state index in [9.17, 15) is 4.79 Å². The van der Waals surface area contributed by atoms with Crippen LogP contribution in [0.2, 0.25) is 0 Å². The van der Waals surface area contributed by atoms with Crippen LogP contribution < -0.4 is 10.2 Å². The maximum atomic E-state index is 12.3. The minimum Gasteiger partial charge on any atom is -0.372 e. The molecular weight excluding hydrogens is 294 g/mol. The summed E-state index contributed by atoms with van der Waals surface area (Å²) in [7, 11) is 0. The standard InChI is InChI=1S/C17H23N3OS/c1-4-11-20-16(21)15(18-17(20)22)12-13-7-9-14(10-8-13)19(5-2)6-3/h7-10,12H,4-6,11H2,1-3H3,(H,18,22). The van der Waals surface area contributed by atoms with Crippen LogP contribution in [0.25, 0.3) is 6.08 Å². The fourth-order valence-electron chi connectivity index (χ4n) is 2.54. The van der Waals surface area contributed by atoms with Gasteiger partial charge in [-0.25, -0.2) is 0 Å². The molecule has 0 saturated carbocycles. The summed E-state index contributed by atoms with van der Waals surface area (Å²) in [4.78, 5) is 16.2. The third-order valence-corrected chi connectivity index (χ3v) is 4.06. The van der Waals surface area contributed by atoms with Gasteiger partial charge in [-0.3, -0.25) is 9.69 Å². The highest BCUT2D eigenvalue weighted by Crippen LogP contribution is 2.18. The predicted octanol–water partition coefficient (Wildman–Crippen LogP) is 3.00. The molecule has 5 heteroatoms. The van der Waals surface area contributed by atoms with Crippen molar-refractivity contribution >= 4 is 35.0 Å². The second kappa shape index (κ2) is 7.40. The fourth-order valence-corrected chi connectivity index (χ4v) is 2.82. The summed E-state index contributed by atoms with van der Waals surface area (Å²) in [5, 5.41) is 3.50. The summed E-state index contributed by atoms with van der Waals surface area (Å²) in [6, 6.07) is 8.23. The Morgan fingerprint density at radius 2 is 1.82 bits per heavy atom. The Bertz CT molecular complexity index is 576. The number of nitrogens with one attached hydrogen (secondary N) is 1. The monoisotopic (exact) mass is 317 g/mol. The number of benzene rings is 1. The molecule has 0 spiro atoms. The second-order valence-corrected chi connectivity index (χ2v) is 5.60. The number of hydrogen-bond acceptors (Lipinski definition) is 3. The molecule has 4 nitrogen and oxygen atoms in total. The van der Waals surface area contributed by atoms with Crippen molar-refractivity contribution in [3.8, 4) is 0 Å². The van der Waals surface area contributed by atoms with Gasteiger partial charge < -0.3 is 10.2 Å². The van der Waals surface area contributed by atoms with E-state index in [1.54, 1.807) is 4.90 Å². The zero-order valence-electron chi connectivity index (χ0n) is 13.4. The fraction of sp³-hybridized carbons (Fsp3) is 0.412. The first-order chi connectivity index (χ1) is 10.6. The molecule has 0 aromatic heterocycles. The zero-order valence-corrected chi connectivity index (χ0v) is 14.2. The van der Waals surface area contributed by atoms with Crippen molar-refractivity contribution in [1.29, 1.82) is 0 Å². The minimum absolute atomic E-state index is 0.0420. The number of carbonyl (C=O) groups excluding carboxylic acids is 1. The molecule has 22 heavy (non-hydrogen) atoms. The van der Waals surface area contributed by atoms with Crippen LogP contribution in [0.15, 0.2) is 30.0 Å². The molecule has 2 rings (SSSR count). The SMILES string of the molecule is CCCN1C(=O)C(=Cc2ccc(N(CC)CC)cc2)NC1=S. The Morgan fingerprint density at radius 3 is 2.36 bits per heavy atom. The number of hydrogen-bond donors (Lipinski definition) is 1. The molecule has 0 aliphatic carbocycles. The van der Waals surface area contributed by atoms with Crippen LogP contribution in [0, 0.1) is 0 Å². The van der Waals surface area contributed by atoms with E-state index in [1.165, 1.54) is 5.69 Å². The lowest BCUT2D eigenvalue weighted by Crippen LogP contribution is -2.31. The number of carbonyl (C=O) groups is 1. The van der Waals surface area contributed by atoms with Gasteiger partial charge in [-0.15, -0.1) is 0 Å². The zero-order chi connectivity index (χ0) is 16.1. The average molecular weight is 317 g/mol. The summed E-state index contributed by atoms with van der Waals surface area (Å²) in [5.41, 5.74) is 2.74. The lowest BCUT2D eigenvalue weighted by molar-refractivity contribution is -0.122. The molecule has 1 saturated heterocycles. The van der Waals surface area contributed by atoms with Crippen LogP contribution >= 0.6 is 12.2 Å². The van der Waals surface area contributed by atoms with Gasteiger partial charge >= 0.3 is 0 Å². The molecule has 0 atom stereocenters. The Hall–Kier alpha value is -1.88. The third-order valence-electron chi connectivity index (χ3n) is 3.74. The van der Waals surface area contributed by atoms with Crippen molar-refractivity contribution in [2.45, 2.75) is 27.2 Å². The topological polar surface area (TPSA) is 35.6 Å². The van der Waals surface area contributed by atoms with Gasteiger partial charge in [-0.1, -0.05) is 19.1 Å². The lowest BCUT2D eigenvalue weighted by atomic mass is 10.1. The molecule has 1 N–H and O–H groups in total. The molecule has 0 bridgehead atoms. The van der Waals surface area contributed by atoms with Gasteiger partial charge in [0.25, 0.3) is 5.91 Å². The first-order valence-electron chi connectivity index (χ1n) is 7.80. The maximum absolute atomic E-state index is 12.3. The van der Waals surface area contributed by atoms with Crippen molar-refractivity contribution in [3.05, 3.63) is 35.5 Å². The summed E-state index contributed by atoms with van der Waals surface area (Å²) < 4.78 is 0. The summed E-state index contributed by atoms with van der Waals surface area (Å²) >= 11 is 5.21. The average Bonchev–Trinajstić information content (AvgIpc) is 2.78. The van der Waals surface area contributed by atoms with Crippen molar-refractivity contribution in [1.82, 2.24) is 10.2 Å². The lowest BCUT2D eigenvalue weighted by Gasteiger charge is -2.20. The van der Waals surface area contributed by atoms with Crippen LogP contribution in [-0.4, -0.2) is 35.6 Å². The van der Waals surface area contributed by atoms with Crippen molar-refractivity contribution < 1.29 is 4.79 Å². The summed E-state index contributed by atoms with van der Waals surface area (Å²) in [6.07, 6.45) is 2.75. The van der Waals surface area contributed by atoms with Crippen LogP contribution in [0.3, 0.4) is 0 Å². The number of nitrogens with zero attached hydrogens (tertiary/aromatic N) is 2. The van der Waals surface area contributed by atoms with Crippen LogP contribution in [0.1, 0.15) is 32.8 Å². The minimum atomic E-state index is -0.0420. The van der Waals surface area contributed by atoms with Crippen LogP contribution in [0.4, 0.5) is 5.69 Å². The maximum Gasteiger partial charge on any atom is 0.276 e. The van der Waals surface area contributed by atoms with E-state index in [1.807, 2.05) is 25.1 Å². The largest absolute Gasteiger partial charge is 0.372 e. The Balaban J connectivity index is 2.16. The van der Waals surface area contributed by atoms with Crippen molar-refractivity contribution in [2.24, 2.45) is 0 Å². The molecule has 0 radical (unpaired) electrons. The Morgan fingerprint density at radius 1 is 1.18 bits per heavy atom. The number of amides is 1. The first-order valence-corrected chi connectivity index (χ1v) is 8.21. The van der Waals surface area contributed by atoms with E-state index in [2.05, 4.69) is 36.2 Å². The van der Waals surface area contributed by atoms with Crippen LogP contribution in [0.5, 0.6) is 0 Å². The molecular formula is C17H23N3OS. The van der Waals surface area contributed by atoms with Crippen molar-refractivity contribution in [3.63, 3.8) is 0 Å². The number of anilines is 1. The van der Waals surface area contributed by atoms with E-state index in [-0.39, 0.29) is 5.91 Å². The molecule has 1 aromatic carbocycles. The highest BCUT2D eigenvalue weighted by molar-refractivity contribution is 7.80. The molecule has 1 aromatic rings. The van der Waals surface area contributed by atoms with E-state index < -0.39 is 0 Å². The van der Waals surface area contributed by atoms with Gasteiger partial charge in [0.1, 0.15) is 5.70 Å². The van der Waals surface area contributed by atoms with E-state index in [4.69, 9.17) is 12.2 Å². The summed E-state index contributed by atoms with van der Waals surface area (Å²) in [6.45, 7) is 8.94. The third kappa shape index (κ3) is 3.47. The van der Waals surface area contributed by atoms with E-state index >= 15 is 0 Å². The first kappa shape index (κ1) is 16.5. The van der Waals surface area contributed by atoms with Crippen molar-refractivity contribution in [2.75, 3.05) is 24.5 Å². The Kier molecular flexibility index (Phi) is 5.55. The quantitative estimate of drug-likeness (QED) is 0.646. The number of thiocarbonyl (C=S) groups is 1. The van der Waals surface area contributed by atoms with Gasteiger partial charge in [-0.05, 0) is 56.3 Å². The molecule has 0 unspecified atom stereocenters. The van der Waals surface area contributed by atoms with Gasteiger partial charge in [-0.2, -0.15) is 0 Å². The molecule has 118 valence electrons. The highest BCUT2D eigenvalue weighted by Gasteiger charge is 2.29. The molecule has 1 aliphatic rings. The second-order valence-electron chi connectivity index (χ2n) is 5.21. The van der Waals surface area contributed by atoms with Crippen LogP contribution in [-0.2, 0) is 4.79 Å². The number of rotatable bonds is 6. The van der Waals surface area contributed by atoms with Gasteiger partial charge in [0.15, 0.2) is 5.11 Å². The Labute approximate surface area is 137 Å². The van der Waals surface area contributed by atoms with Gasteiger partial charge in [0.2, 0.25) is 0 Å². The molecule has 1 amide bonds. The predicted molar refractivity (Wildman–Crippen MR) is 95.7 cm³/mol. The molecule has 1 aliphatic heterocycles. The summed E-state index contributed by atoms with van der Waals surface area (Å²) in [5.74, 6) is -0.0420. The van der Waals surface area contributed by atoms with Gasteiger partial charge in [0, 0.05) is 25.3 Å². The normalized spacial score (nSPS) is 16.3. The van der Waals surface area contributed by atoms with E-state index in [0.717, 1.165) is 25.1 Å². The van der Waals surface area contributed by atoms with E-state index in [0.29, 0.717) is 17.4 Å².